The lowest BCUT2D eigenvalue weighted by Crippen LogP contribution is -2.24. The number of hydrogen-bond acceptors (Lipinski definition) is 4. The molecular formula is C9H11NO3. The highest BCUT2D eigenvalue weighted by Gasteiger charge is 2.11. The largest absolute Gasteiger partial charge is 0.462 e. The van der Waals surface area contributed by atoms with Crippen molar-refractivity contribution in [2.75, 3.05) is 6.61 Å². The molecule has 0 saturated heterocycles. The van der Waals surface area contributed by atoms with Crippen LogP contribution in [0.2, 0.25) is 0 Å². The summed E-state index contributed by atoms with van der Waals surface area (Å²) in [6.07, 6.45) is 2.80. The zero-order chi connectivity index (χ0) is 9.68. The van der Waals surface area contributed by atoms with Crippen LogP contribution in [0.15, 0.2) is 12.2 Å². The fraction of sp³-hybridized carbons (Fsp3) is 0.444. The highest BCUT2D eigenvalue weighted by Crippen LogP contribution is 1.99. The highest BCUT2D eigenvalue weighted by atomic mass is 16.5. The molecule has 1 atom stereocenters. The lowest BCUT2D eigenvalue weighted by atomic mass is 10.3. The van der Waals surface area contributed by atoms with Crippen molar-refractivity contribution in [2.45, 2.75) is 19.6 Å². The van der Waals surface area contributed by atoms with E-state index in [9.17, 15) is 4.79 Å². The third-order valence-corrected chi connectivity index (χ3v) is 1.45. The Morgan fingerprint density at radius 1 is 1.77 bits per heavy atom. The van der Waals surface area contributed by atoms with E-state index >= 15 is 0 Å². The van der Waals surface area contributed by atoms with E-state index in [1.807, 2.05) is 0 Å². The Morgan fingerprint density at radius 2 is 2.54 bits per heavy atom. The molecule has 0 aromatic heterocycles. The summed E-state index contributed by atoms with van der Waals surface area (Å²) in [5.41, 5.74) is 0.400. The Labute approximate surface area is 76.9 Å². The molecule has 13 heavy (non-hydrogen) atoms. The summed E-state index contributed by atoms with van der Waals surface area (Å²) in [5, 5.41) is 2.76. The first kappa shape index (κ1) is 9.46. The van der Waals surface area contributed by atoms with Gasteiger partial charge in [0, 0.05) is 12.0 Å². The van der Waals surface area contributed by atoms with Crippen molar-refractivity contribution in [3.05, 3.63) is 12.2 Å². The maximum Gasteiger partial charge on any atom is 0.333 e. The number of nitrogens with one attached hydrogen (secondary N) is 1. The van der Waals surface area contributed by atoms with Crippen LogP contribution in [0.1, 0.15) is 13.3 Å². The molecule has 0 fully saturated rings. The number of esters is 1. The van der Waals surface area contributed by atoms with Crippen LogP contribution in [-0.4, -0.2) is 18.8 Å². The monoisotopic (exact) mass is 181 g/mol. The van der Waals surface area contributed by atoms with E-state index in [1.54, 1.807) is 6.92 Å². The number of hydrogen-bond donors (Lipinski definition) is 1. The summed E-state index contributed by atoms with van der Waals surface area (Å²) in [5.74, 6) is -0.376. The molecule has 0 radical (unpaired) electrons. The summed E-state index contributed by atoms with van der Waals surface area (Å²) in [4.78, 5) is 10.9. The van der Waals surface area contributed by atoms with Gasteiger partial charge in [-0.15, -0.1) is 0 Å². The van der Waals surface area contributed by atoms with Crippen molar-refractivity contribution >= 4 is 5.97 Å². The van der Waals surface area contributed by atoms with Crippen molar-refractivity contribution in [1.82, 2.24) is 5.32 Å². The summed E-state index contributed by atoms with van der Waals surface area (Å²) >= 11 is 0. The molecule has 1 aliphatic rings. The van der Waals surface area contributed by atoms with Crippen molar-refractivity contribution in [3.8, 4) is 12.2 Å². The Balaban J connectivity index is 2.07. The number of carbonyl (C=O) groups is 1. The molecule has 1 rings (SSSR count). The number of carbonyl (C=O) groups excluding carboxylic acids is 1. The molecular weight excluding hydrogens is 170 g/mol. The molecule has 4 nitrogen and oxygen atoms in total. The van der Waals surface area contributed by atoms with Gasteiger partial charge in [-0.1, -0.05) is 6.58 Å². The average Bonchev–Trinajstić information content (AvgIpc) is 2.56. The first-order valence-electron chi connectivity index (χ1n) is 3.94. The van der Waals surface area contributed by atoms with Gasteiger partial charge in [-0.3, -0.25) is 0 Å². The second-order valence-corrected chi connectivity index (χ2v) is 2.68. The van der Waals surface area contributed by atoms with Crippen molar-refractivity contribution in [3.63, 3.8) is 0 Å². The van der Waals surface area contributed by atoms with Crippen LogP contribution < -0.4 is 5.32 Å². The second kappa shape index (κ2) is 4.41. The molecule has 1 unspecified atom stereocenters. The Morgan fingerprint density at radius 3 is 3.08 bits per heavy atom. The third kappa shape index (κ3) is 3.08. The van der Waals surface area contributed by atoms with Crippen molar-refractivity contribution in [1.29, 1.82) is 0 Å². The van der Waals surface area contributed by atoms with E-state index in [0.717, 1.165) is 0 Å². The molecule has 4 heteroatoms. The number of ether oxygens (including phenoxy) is 2. The second-order valence-electron chi connectivity index (χ2n) is 2.68. The minimum atomic E-state index is -0.376. The molecule has 1 heterocycles. The molecule has 0 saturated carbocycles. The van der Waals surface area contributed by atoms with Gasteiger partial charge in [0.15, 0.2) is 6.23 Å². The first-order chi connectivity index (χ1) is 6.20. The molecule has 0 bridgehead atoms. The molecule has 0 aromatic carbocycles. The van der Waals surface area contributed by atoms with Crippen molar-refractivity contribution in [2.24, 2.45) is 0 Å². The minimum Gasteiger partial charge on any atom is -0.462 e. The third-order valence-electron chi connectivity index (χ3n) is 1.45. The Kier molecular flexibility index (Phi) is 3.21. The molecule has 0 aliphatic carbocycles. The molecule has 0 spiro atoms. The fourth-order valence-electron chi connectivity index (χ4n) is 0.753. The smallest absolute Gasteiger partial charge is 0.333 e. The lowest BCUT2D eigenvalue weighted by molar-refractivity contribution is -0.139. The molecule has 1 aliphatic heterocycles. The van der Waals surface area contributed by atoms with Crippen LogP contribution in [0.25, 0.3) is 0 Å². The van der Waals surface area contributed by atoms with Gasteiger partial charge in [0.25, 0.3) is 0 Å². The SMILES string of the molecule is C=C(C)C(=O)OCCC1NC#CO1. The van der Waals surface area contributed by atoms with Crippen LogP contribution in [-0.2, 0) is 14.3 Å². The van der Waals surface area contributed by atoms with Gasteiger partial charge >= 0.3 is 5.97 Å². The molecule has 0 amide bonds. The van der Waals surface area contributed by atoms with Crippen molar-refractivity contribution < 1.29 is 14.3 Å². The van der Waals surface area contributed by atoms with Gasteiger partial charge in [0.2, 0.25) is 0 Å². The van der Waals surface area contributed by atoms with E-state index in [-0.39, 0.29) is 12.2 Å². The average molecular weight is 181 g/mol. The summed E-state index contributed by atoms with van der Waals surface area (Å²) < 4.78 is 9.76. The van der Waals surface area contributed by atoms with Gasteiger partial charge in [-0.2, -0.15) is 0 Å². The fourth-order valence-corrected chi connectivity index (χ4v) is 0.753. The summed E-state index contributed by atoms with van der Waals surface area (Å²) in [6.45, 7) is 5.36. The van der Waals surface area contributed by atoms with E-state index in [0.29, 0.717) is 18.6 Å². The van der Waals surface area contributed by atoms with Crippen LogP contribution in [0.3, 0.4) is 0 Å². The van der Waals surface area contributed by atoms with Gasteiger partial charge < -0.3 is 14.8 Å². The maximum atomic E-state index is 10.9. The summed E-state index contributed by atoms with van der Waals surface area (Å²) in [7, 11) is 0. The standard InChI is InChI=1S/C9H11NO3/c1-7(2)9(11)13-5-3-8-10-4-6-12-8/h8,10H,1,3,5H2,2H3. The zero-order valence-corrected chi connectivity index (χ0v) is 7.42. The van der Waals surface area contributed by atoms with Gasteiger partial charge in [0.05, 0.1) is 12.7 Å². The topological polar surface area (TPSA) is 47.6 Å². The van der Waals surface area contributed by atoms with Crippen LogP contribution in [0.4, 0.5) is 0 Å². The Hall–Kier alpha value is -1.63. The predicted octanol–water partition coefficient (Wildman–Crippen LogP) is 0.360. The minimum absolute atomic E-state index is 0.182. The van der Waals surface area contributed by atoms with Crippen LogP contribution >= 0.6 is 0 Å². The maximum absolute atomic E-state index is 10.9. The van der Waals surface area contributed by atoms with Gasteiger partial charge in [0.1, 0.15) is 6.11 Å². The van der Waals surface area contributed by atoms with E-state index in [1.165, 1.54) is 0 Å². The lowest BCUT2D eigenvalue weighted by Gasteiger charge is -2.09. The highest BCUT2D eigenvalue weighted by molar-refractivity contribution is 5.86. The van der Waals surface area contributed by atoms with E-state index < -0.39 is 0 Å². The number of rotatable bonds is 4. The van der Waals surface area contributed by atoms with E-state index in [2.05, 4.69) is 24.0 Å². The quantitative estimate of drug-likeness (QED) is 0.386. The predicted molar refractivity (Wildman–Crippen MR) is 46.2 cm³/mol. The Bertz CT molecular complexity index is 264. The molecule has 1 N–H and O–H groups in total. The van der Waals surface area contributed by atoms with Crippen LogP contribution in [0, 0.1) is 12.2 Å². The normalized spacial score (nSPS) is 17.8. The molecule has 0 aromatic rings. The molecule has 70 valence electrons. The van der Waals surface area contributed by atoms with Gasteiger partial charge in [-0.25, -0.2) is 4.79 Å². The van der Waals surface area contributed by atoms with Gasteiger partial charge in [-0.05, 0) is 6.92 Å². The summed E-state index contributed by atoms with van der Waals surface area (Å²) in [6, 6.07) is 2.55. The van der Waals surface area contributed by atoms with E-state index in [4.69, 9.17) is 9.47 Å². The van der Waals surface area contributed by atoms with Crippen LogP contribution in [0.5, 0.6) is 0 Å². The zero-order valence-electron chi connectivity index (χ0n) is 7.42. The first-order valence-corrected chi connectivity index (χ1v) is 3.94.